The zero-order valence-electron chi connectivity index (χ0n) is 12.0. The molecule has 0 aliphatic rings. The van der Waals surface area contributed by atoms with Crippen LogP contribution in [-0.4, -0.2) is 35.1 Å². The van der Waals surface area contributed by atoms with Gasteiger partial charge >= 0.3 is 12.1 Å². The first-order valence-electron chi connectivity index (χ1n) is 6.19. The van der Waals surface area contributed by atoms with E-state index in [1.807, 2.05) is 0 Å². The van der Waals surface area contributed by atoms with Crippen LogP contribution < -0.4 is 4.74 Å². The van der Waals surface area contributed by atoms with Crippen LogP contribution in [0.2, 0.25) is 0 Å². The Morgan fingerprint density at radius 1 is 1.30 bits per heavy atom. The van der Waals surface area contributed by atoms with Crippen molar-refractivity contribution in [3.8, 4) is 5.75 Å². The Labute approximate surface area is 127 Å². The highest BCUT2D eigenvalue weighted by molar-refractivity contribution is 5.81. The van der Waals surface area contributed by atoms with E-state index in [1.165, 1.54) is 6.92 Å². The summed E-state index contributed by atoms with van der Waals surface area (Å²) in [7, 11) is 0.876. The number of benzene rings is 1. The Morgan fingerprint density at radius 3 is 2.26 bits per heavy atom. The van der Waals surface area contributed by atoms with Gasteiger partial charge in [-0.2, -0.15) is 17.6 Å². The highest BCUT2D eigenvalue weighted by Crippen LogP contribution is 2.45. The first-order chi connectivity index (χ1) is 10.5. The van der Waals surface area contributed by atoms with Crippen molar-refractivity contribution in [1.82, 2.24) is 0 Å². The largest absolute Gasteiger partial charge is 0.493 e. The summed E-state index contributed by atoms with van der Waals surface area (Å²) < 4.78 is 70.9. The molecule has 1 rings (SSSR count). The van der Waals surface area contributed by atoms with Gasteiger partial charge in [0.25, 0.3) is 5.60 Å². The highest BCUT2D eigenvalue weighted by atomic mass is 19.4. The van der Waals surface area contributed by atoms with Gasteiger partial charge < -0.3 is 14.9 Å². The summed E-state index contributed by atoms with van der Waals surface area (Å²) >= 11 is 0. The molecule has 0 aliphatic carbocycles. The van der Waals surface area contributed by atoms with Crippen LogP contribution in [0.25, 0.3) is 0 Å². The number of alkyl halides is 3. The molecule has 0 bridgehead atoms. The lowest BCUT2D eigenvalue weighted by Crippen LogP contribution is -2.56. The van der Waals surface area contributed by atoms with Crippen LogP contribution in [0.5, 0.6) is 5.75 Å². The van der Waals surface area contributed by atoms with Crippen molar-refractivity contribution in [2.75, 3.05) is 7.11 Å². The topological polar surface area (TPSA) is 66.8 Å². The molecule has 0 saturated heterocycles. The predicted molar refractivity (Wildman–Crippen MR) is 69.1 cm³/mol. The number of carboxylic acid groups (broad SMARTS) is 1. The molecule has 0 aromatic heterocycles. The first-order valence-corrected chi connectivity index (χ1v) is 6.19. The zero-order chi connectivity index (χ0) is 18.0. The number of allylic oxidation sites excluding steroid dienone is 1. The van der Waals surface area contributed by atoms with Crippen molar-refractivity contribution in [3.63, 3.8) is 0 Å². The summed E-state index contributed by atoms with van der Waals surface area (Å²) in [4.78, 5) is 11.1. The third-order valence-corrected chi connectivity index (χ3v) is 3.21. The molecule has 0 amide bonds. The second-order valence-corrected chi connectivity index (χ2v) is 4.56. The molecule has 128 valence electrons. The van der Waals surface area contributed by atoms with Crippen molar-refractivity contribution in [3.05, 3.63) is 41.5 Å². The van der Waals surface area contributed by atoms with Gasteiger partial charge in [0.2, 0.25) is 5.82 Å². The molecule has 0 heterocycles. The minimum atomic E-state index is -5.58. The number of hydrogen-bond donors (Lipinski definition) is 2. The minimum Gasteiger partial charge on any atom is -0.493 e. The third kappa shape index (κ3) is 3.14. The number of halogens is 5. The molecule has 9 heteroatoms. The SMILES string of the molecule is CC=CC(c1ccc(F)c(F)c1OC)C(O)(C(=O)O)C(F)(F)F. The van der Waals surface area contributed by atoms with Crippen molar-refractivity contribution in [2.24, 2.45) is 0 Å². The summed E-state index contributed by atoms with van der Waals surface area (Å²) in [5.74, 6) is -8.74. The van der Waals surface area contributed by atoms with Gasteiger partial charge in [0.15, 0.2) is 11.6 Å². The summed E-state index contributed by atoms with van der Waals surface area (Å²) in [5.41, 5.74) is -4.91. The Morgan fingerprint density at radius 2 is 1.87 bits per heavy atom. The van der Waals surface area contributed by atoms with Crippen molar-refractivity contribution >= 4 is 5.97 Å². The van der Waals surface area contributed by atoms with Gasteiger partial charge in [-0.15, -0.1) is 0 Å². The molecule has 0 aliphatic heterocycles. The van der Waals surface area contributed by atoms with E-state index >= 15 is 0 Å². The normalized spacial score (nSPS) is 16.2. The standard InChI is InChI=1S/C14H13F5O4/c1-3-4-8(13(22,12(20)21)14(17,18)19)7-5-6-9(15)10(16)11(7)23-2/h3-6,8,22H,1-2H3,(H,20,21). The van der Waals surface area contributed by atoms with Crippen molar-refractivity contribution < 1.29 is 41.7 Å². The fourth-order valence-corrected chi connectivity index (χ4v) is 2.09. The van der Waals surface area contributed by atoms with E-state index in [2.05, 4.69) is 4.74 Å². The quantitative estimate of drug-likeness (QED) is 0.639. The number of hydrogen-bond acceptors (Lipinski definition) is 3. The van der Waals surface area contributed by atoms with Gasteiger partial charge in [-0.1, -0.05) is 18.2 Å². The van der Waals surface area contributed by atoms with E-state index in [-0.39, 0.29) is 0 Å². The highest BCUT2D eigenvalue weighted by Gasteiger charge is 2.64. The average Bonchev–Trinajstić information content (AvgIpc) is 2.45. The summed E-state index contributed by atoms with van der Waals surface area (Å²) in [6.45, 7) is 1.28. The monoisotopic (exact) mass is 340 g/mol. The second kappa shape index (κ2) is 6.53. The second-order valence-electron chi connectivity index (χ2n) is 4.56. The van der Waals surface area contributed by atoms with Gasteiger partial charge in [0, 0.05) is 5.56 Å². The van der Waals surface area contributed by atoms with Gasteiger partial charge in [0.05, 0.1) is 13.0 Å². The van der Waals surface area contributed by atoms with Crippen LogP contribution in [0.3, 0.4) is 0 Å². The number of aliphatic carboxylic acids is 1. The maximum absolute atomic E-state index is 13.7. The van der Waals surface area contributed by atoms with Crippen LogP contribution in [0.4, 0.5) is 22.0 Å². The molecular weight excluding hydrogens is 327 g/mol. The Balaban J connectivity index is 3.73. The molecule has 2 N–H and O–H groups in total. The molecule has 0 spiro atoms. The molecule has 4 nitrogen and oxygen atoms in total. The number of carboxylic acids is 1. The Kier molecular flexibility index (Phi) is 5.36. The lowest BCUT2D eigenvalue weighted by Gasteiger charge is -2.33. The third-order valence-electron chi connectivity index (χ3n) is 3.21. The van der Waals surface area contributed by atoms with Gasteiger partial charge in [-0.3, -0.25) is 0 Å². The van der Waals surface area contributed by atoms with Crippen LogP contribution in [0.1, 0.15) is 18.4 Å². The van der Waals surface area contributed by atoms with Crippen molar-refractivity contribution in [1.29, 1.82) is 0 Å². The molecule has 2 unspecified atom stereocenters. The Hall–Kier alpha value is -2.16. The van der Waals surface area contributed by atoms with E-state index in [1.54, 1.807) is 0 Å². The van der Waals surface area contributed by atoms with E-state index in [0.717, 1.165) is 25.3 Å². The number of methoxy groups -OCH3 is 1. The van der Waals surface area contributed by atoms with Gasteiger partial charge in [-0.25, -0.2) is 9.18 Å². The summed E-state index contributed by atoms with van der Waals surface area (Å²) in [6, 6.07) is 1.24. The van der Waals surface area contributed by atoms with Crippen LogP contribution in [0.15, 0.2) is 24.3 Å². The van der Waals surface area contributed by atoms with Crippen molar-refractivity contribution in [2.45, 2.75) is 24.6 Å². The molecule has 23 heavy (non-hydrogen) atoms. The summed E-state index contributed by atoms with van der Waals surface area (Å²) in [6.07, 6.45) is -3.82. The lowest BCUT2D eigenvalue weighted by atomic mass is 9.80. The molecule has 0 radical (unpaired) electrons. The minimum absolute atomic E-state index is 0.516. The maximum Gasteiger partial charge on any atom is 0.429 e. The molecule has 1 aromatic rings. The smallest absolute Gasteiger partial charge is 0.429 e. The fraction of sp³-hybridized carbons (Fsp3) is 0.357. The first kappa shape index (κ1) is 18.9. The van der Waals surface area contributed by atoms with Crippen LogP contribution >= 0.6 is 0 Å². The van der Waals surface area contributed by atoms with E-state index < -0.39 is 46.6 Å². The molecular formula is C14H13F5O4. The van der Waals surface area contributed by atoms with Crippen LogP contribution in [0, 0.1) is 11.6 Å². The predicted octanol–water partition coefficient (Wildman–Crippen LogP) is 3.01. The zero-order valence-corrected chi connectivity index (χ0v) is 12.0. The lowest BCUT2D eigenvalue weighted by molar-refractivity contribution is -0.263. The molecule has 1 aromatic carbocycles. The molecule has 2 atom stereocenters. The number of carbonyl (C=O) groups is 1. The molecule has 0 saturated carbocycles. The number of rotatable bonds is 5. The maximum atomic E-state index is 13.7. The van der Waals surface area contributed by atoms with E-state index in [4.69, 9.17) is 5.11 Å². The van der Waals surface area contributed by atoms with Gasteiger partial charge in [0.1, 0.15) is 0 Å². The average molecular weight is 340 g/mol. The number of ether oxygens (including phenoxy) is 1. The summed E-state index contributed by atoms with van der Waals surface area (Å²) in [5, 5.41) is 18.7. The molecule has 0 fully saturated rings. The number of aliphatic hydroxyl groups is 1. The Bertz CT molecular complexity index is 626. The van der Waals surface area contributed by atoms with Gasteiger partial charge in [-0.05, 0) is 13.0 Å². The van der Waals surface area contributed by atoms with Crippen LogP contribution in [-0.2, 0) is 4.79 Å². The van der Waals surface area contributed by atoms with E-state index in [9.17, 15) is 31.9 Å². The van der Waals surface area contributed by atoms with E-state index in [0.29, 0.717) is 6.07 Å². The fourth-order valence-electron chi connectivity index (χ4n) is 2.09.